The Morgan fingerprint density at radius 1 is 1.43 bits per heavy atom. The van der Waals surface area contributed by atoms with Gasteiger partial charge in [-0.3, -0.25) is 9.69 Å². The monoisotopic (exact) mass is 309 g/mol. The van der Waals surface area contributed by atoms with E-state index in [1.807, 2.05) is 11.3 Å². The highest BCUT2D eigenvalue weighted by molar-refractivity contribution is 7.10. The maximum Gasteiger partial charge on any atom is 0.234 e. The topological polar surface area (TPSA) is 44.4 Å². The van der Waals surface area contributed by atoms with Gasteiger partial charge in [0.15, 0.2) is 0 Å². The average molecular weight is 309 g/mol. The second-order valence-electron chi connectivity index (χ2n) is 5.81. The molecule has 1 saturated heterocycles. The molecule has 0 radical (unpaired) electrons. The SMILES string of the molecule is CCCNC(=O)CN1CCC(NCc2sccc2C)CC1. The van der Waals surface area contributed by atoms with E-state index >= 15 is 0 Å². The number of hydrogen-bond acceptors (Lipinski definition) is 4. The minimum Gasteiger partial charge on any atom is -0.355 e. The van der Waals surface area contributed by atoms with Gasteiger partial charge in [-0.2, -0.15) is 0 Å². The van der Waals surface area contributed by atoms with Crippen molar-refractivity contribution in [1.29, 1.82) is 0 Å². The van der Waals surface area contributed by atoms with Gasteiger partial charge in [-0.05, 0) is 43.2 Å². The molecule has 0 atom stereocenters. The molecule has 21 heavy (non-hydrogen) atoms. The van der Waals surface area contributed by atoms with Crippen LogP contribution in [0, 0.1) is 6.92 Å². The lowest BCUT2D eigenvalue weighted by molar-refractivity contribution is -0.122. The summed E-state index contributed by atoms with van der Waals surface area (Å²) in [5.41, 5.74) is 1.39. The van der Waals surface area contributed by atoms with E-state index in [-0.39, 0.29) is 5.91 Å². The van der Waals surface area contributed by atoms with E-state index in [0.717, 1.165) is 45.4 Å². The summed E-state index contributed by atoms with van der Waals surface area (Å²) in [6, 6.07) is 2.76. The summed E-state index contributed by atoms with van der Waals surface area (Å²) in [4.78, 5) is 15.4. The number of amides is 1. The molecule has 0 unspecified atom stereocenters. The summed E-state index contributed by atoms with van der Waals surface area (Å²) < 4.78 is 0. The van der Waals surface area contributed by atoms with Crippen molar-refractivity contribution in [3.63, 3.8) is 0 Å². The van der Waals surface area contributed by atoms with Gasteiger partial charge in [-0.25, -0.2) is 0 Å². The van der Waals surface area contributed by atoms with Crippen molar-refractivity contribution < 1.29 is 4.79 Å². The van der Waals surface area contributed by atoms with Crippen molar-refractivity contribution in [3.8, 4) is 0 Å². The largest absolute Gasteiger partial charge is 0.355 e. The first kappa shape index (κ1) is 16.5. The van der Waals surface area contributed by atoms with Crippen LogP contribution in [0.25, 0.3) is 0 Å². The number of thiophene rings is 1. The van der Waals surface area contributed by atoms with E-state index in [2.05, 4.69) is 40.8 Å². The van der Waals surface area contributed by atoms with Crippen LogP contribution in [-0.2, 0) is 11.3 Å². The standard InChI is InChI=1S/C16H27N3OS/c1-3-7-17-16(20)12-19-8-4-14(5-9-19)18-11-15-13(2)6-10-21-15/h6,10,14,18H,3-5,7-9,11-12H2,1-2H3,(H,17,20). The Hall–Kier alpha value is -0.910. The van der Waals surface area contributed by atoms with E-state index in [0.29, 0.717) is 12.6 Å². The van der Waals surface area contributed by atoms with Gasteiger partial charge in [0.1, 0.15) is 0 Å². The smallest absolute Gasteiger partial charge is 0.234 e. The number of rotatable bonds is 7. The van der Waals surface area contributed by atoms with Gasteiger partial charge < -0.3 is 10.6 Å². The van der Waals surface area contributed by atoms with E-state index in [4.69, 9.17) is 0 Å². The fourth-order valence-electron chi connectivity index (χ4n) is 2.64. The molecule has 0 saturated carbocycles. The van der Waals surface area contributed by atoms with Gasteiger partial charge in [-0.1, -0.05) is 6.92 Å². The molecule has 1 fully saturated rings. The fourth-order valence-corrected chi connectivity index (χ4v) is 3.50. The van der Waals surface area contributed by atoms with E-state index in [9.17, 15) is 4.79 Å². The lowest BCUT2D eigenvalue weighted by Gasteiger charge is -2.32. The van der Waals surface area contributed by atoms with Crippen LogP contribution < -0.4 is 10.6 Å². The lowest BCUT2D eigenvalue weighted by Crippen LogP contribution is -2.46. The second-order valence-corrected chi connectivity index (χ2v) is 6.81. The Balaban J connectivity index is 1.64. The number of likely N-dealkylation sites (tertiary alicyclic amines) is 1. The molecule has 4 nitrogen and oxygen atoms in total. The Labute approximate surface area is 131 Å². The van der Waals surface area contributed by atoms with Gasteiger partial charge in [0.25, 0.3) is 0 Å². The molecular formula is C16H27N3OS. The van der Waals surface area contributed by atoms with Crippen LogP contribution in [0.1, 0.15) is 36.6 Å². The third-order valence-corrected chi connectivity index (χ3v) is 5.07. The summed E-state index contributed by atoms with van der Waals surface area (Å²) in [5.74, 6) is 0.164. The van der Waals surface area contributed by atoms with Gasteiger partial charge >= 0.3 is 0 Å². The molecule has 0 spiro atoms. The quantitative estimate of drug-likeness (QED) is 0.811. The molecule has 5 heteroatoms. The number of nitrogens with one attached hydrogen (secondary N) is 2. The van der Waals surface area contributed by atoms with Crippen molar-refractivity contribution in [3.05, 3.63) is 21.9 Å². The van der Waals surface area contributed by atoms with Gasteiger partial charge in [-0.15, -0.1) is 11.3 Å². The molecule has 0 aliphatic carbocycles. The average Bonchev–Trinajstić information content (AvgIpc) is 2.90. The molecule has 118 valence electrons. The highest BCUT2D eigenvalue weighted by Crippen LogP contribution is 2.17. The Kier molecular flexibility index (Phi) is 6.67. The van der Waals surface area contributed by atoms with Crippen LogP contribution in [0.4, 0.5) is 0 Å². The fraction of sp³-hybridized carbons (Fsp3) is 0.688. The number of carbonyl (C=O) groups is 1. The zero-order valence-electron chi connectivity index (χ0n) is 13.2. The molecular weight excluding hydrogens is 282 g/mol. The summed E-state index contributed by atoms with van der Waals surface area (Å²) in [6.07, 6.45) is 3.26. The van der Waals surface area contributed by atoms with Crippen molar-refractivity contribution in [2.24, 2.45) is 0 Å². The van der Waals surface area contributed by atoms with Gasteiger partial charge in [0.05, 0.1) is 6.54 Å². The number of piperidine rings is 1. The molecule has 2 N–H and O–H groups in total. The van der Waals surface area contributed by atoms with Crippen LogP contribution >= 0.6 is 11.3 Å². The zero-order chi connectivity index (χ0) is 15.1. The van der Waals surface area contributed by atoms with Crippen LogP contribution in [-0.4, -0.2) is 43.0 Å². The number of nitrogens with zero attached hydrogens (tertiary/aromatic N) is 1. The first-order chi connectivity index (χ1) is 10.2. The van der Waals surface area contributed by atoms with Crippen molar-refractivity contribution in [2.45, 2.75) is 45.7 Å². The van der Waals surface area contributed by atoms with Crippen LogP contribution in [0.2, 0.25) is 0 Å². The third kappa shape index (κ3) is 5.41. The van der Waals surface area contributed by atoms with Crippen molar-refractivity contribution in [1.82, 2.24) is 15.5 Å². The van der Waals surface area contributed by atoms with Crippen LogP contribution in [0.15, 0.2) is 11.4 Å². The Bertz CT molecular complexity index is 438. The molecule has 2 rings (SSSR count). The van der Waals surface area contributed by atoms with Gasteiger partial charge in [0.2, 0.25) is 5.91 Å². The molecule has 1 aromatic heterocycles. The summed E-state index contributed by atoms with van der Waals surface area (Å²) >= 11 is 1.83. The Morgan fingerprint density at radius 2 is 2.19 bits per heavy atom. The molecule has 2 heterocycles. The summed E-state index contributed by atoms with van der Waals surface area (Å²) in [5, 5.41) is 8.76. The molecule has 1 aliphatic heterocycles. The second kappa shape index (κ2) is 8.51. The minimum absolute atomic E-state index is 0.164. The summed E-state index contributed by atoms with van der Waals surface area (Å²) in [6.45, 7) is 8.60. The Morgan fingerprint density at radius 3 is 2.81 bits per heavy atom. The highest BCUT2D eigenvalue weighted by atomic mass is 32.1. The first-order valence-corrected chi connectivity index (χ1v) is 8.82. The summed E-state index contributed by atoms with van der Waals surface area (Å²) in [7, 11) is 0. The number of carbonyl (C=O) groups excluding carboxylic acids is 1. The van der Waals surface area contributed by atoms with E-state index < -0.39 is 0 Å². The third-order valence-electron chi connectivity index (χ3n) is 4.05. The zero-order valence-corrected chi connectivity index (χ0v) is 14.0. The maximum atomic E-state index is 11.7. The van der Waals surface area contributed by atoms with Crippen molar-refractivity contribution >= 4 is 17.2 Å². The predicted molar refractivity (Wildman–Crippen MR) is 88.7 cm³/mol. The van der Waals surface area contributed by atoms with E-state index in [1.165, 1.54) is 10.4 Å². The van der Waals surface area contributed by atoms with Gasteiger partial charge in [0, 0.05) is 37.1 Å². The van der Waals surface area contributed by atoms with E-state index in [1.54, 1.807) is 0 Å². The minimum atomic E-state index is 0.164. The first-order valence-electron chi connectivity index (χ1n) is 7.94. The van der Waals surface area contributed by atoms with Crippen LogP contribution in [0.5, 0.6) is 0 Å². The lowest BCUT2D eigenvalue weighted by atomic mass is 10.0. The molecule has 1 aliphatic rings. The van der Waals surface area contributed by atoms with Crippen LogP contribution in [0.3, 0.4) is 0 Å². The molecule has 0 aromatic carbocycles. The normalized spacial score (nSPS) is 17.0. The predicted octanol–water partition coefficient (Wildman–Crippen LogP) is 2.14. The highest BCUT2D eigenvalue weighted by Gasteiger charge is 2.20. The number of hydrogen-bond donors (Lipinski definition) is 2. The molecule has 1 amide bonds. The maximum absolute atomic E-state index is 11.7. The molecule has 1 aromatic rings. The number of aryl methyl sites for hydroxylation is 1. The van der Waals surface area contributed by atoms with Crippen molar-refractivity contribution in [2.75, 3.05) is 26.2 Å². The molecule has 0 bridgehead atoms.